The Bertz CT molecular complexity index is 644. The van der Waals surface area contributed by atoms with Gasteiger partial charge in [0, 0.05) is 0 Å². The maximum absolute atomic E-state index is 12.8. The number of hydrogen-bond acceptors (Lipinski definition) is 1. The second-order valence-electron chi connectivity index (χ2n) is 5.27. The minimum absolute atomic E-state index is 0.180. The summed E-state index contributed by atoms with van der Waals surface area (Å²) in [5, 5.41) is 0. The molecule has 0 aliphatic carbocycles. The van der Waals surface area contributed by atoms with Crippen LogP contribution in [0.2, 0.25) is 0 Å². The van der Waals surface area contributed by atoms with Gasteiger partial charge in [0.2, 0.25) is 0 Å². The summed E-state index contributed by atoms with van der Waals surface area (Å²) in [4.78, 5) is 16.1. The molecule has 0 atom stereocenters. The van der Waals surface area contributed by atoms with Gasteiger partial charge in [0.05, 0.1) is 16.6 Å². The van der Waals surface area contributed by atoms with Crippen LogP contribution >= 0.6 is 0 Å². The van der Waals surface area contributed by atoms with Crippen LogP contribution in [0.15, 0.2) is 16.9 Å². The largest absolute Gasteiger partial charge is 0.416 e. The highest BCUT2D eigenvalue weighted by Crippen LogP contribution is 2.36. The molecular formula is C12H13F3N2O. The van der Waals surface area contributed by atoms with Crippen molar-refractivity contribution in [2.75, 3.05) is 0 Å². The van der Waals surface area contributed by atoms with E-state index in [2.05, 4.69) is 9.97 Å². The molecule has 0 aliphatic rings. The Morgan fingerprint density at radius 2 is 1.67 bits per heavy atom. The zero-order chi connectivity index (χ0) is 13.7. The van der Waals surface area contributed by atoms with Crippen LogP contribution < -0.4 is 5.69 Å². The minimum atomic E-state index is -4.43. The Hall–Kier alpha value is -1.72. The van der Waals surface area contributed by atoms with E-state index in [-0.39, 0.29) is 5.52 Å². The molecule has 0 saturated carbocycles. The lowest BCUT2D eigenvalue weighted by molar-refractivity contribution is -0.137. The van der Waals surface area contributed by atoms with Gasteiger partial charge in [-0.2, -0.15) is 13.2 Å². The summed E-state index contributed by atoms with van der Waals surface area (Å²) in [5.41, 5.74) is -0.680. The lowest BCUT2D eigenvalue weighted by Crippen LogP contribution is -2.15. The van der Waals surface area contributed by atoms with Gasteiger partial charge < -0.3 is 9.97 Å². The number of halogens is 3. The molecular weight excluding hydrogens is 245 g/mol. The van der Waals surface area contributed by atoms with Crippen LogP contribution in [0.25, 0.3) is 11.0 Å². The van der Waals surface area contributed by atoms with Gasteiger partial charge in [0.25, 0.3) is 0 Å². The number of imidazole rings is 1. The SMILES string of the molecule is CC(C)(C)c1cc(C(F)(F)F)cc2[nH]c(=O)[nH]c12. The smallest absolute Gasteiger partial charge is 0.306 e. The Morgan fingerprint density at radius 3 is 2.17 bits per heavy atom. The number of rotatable bonds is 0. The number of alkyl halides is 3. The van der Waals surface area contributed by atoms with Gasteiger partial charge in [-0.3, -0.25) is 0 Å². The molecule has 0 fully saturated rings. The second kappa shape index (κ2) is 3.63. The standard InChI is InChI=1S/C12H13F3N2O/c1-11(2,3)7-4-6(12(13,14)15)5-8-9(7)17-10(18)16-8/h4-5H,1-3H3,(H2,16,17,18). The van der Waals surface area contributed by atoms with E-state index in [0.717, 1.165) is 12.1 Å². The summed E-state index contributed by atoms with van der Waals surface area (Å²) in [6, 6.07) is 2.04. The summed E-state index contributed by atoms with van der Waals surface area (Å²) >= 11 is 0. The molecule has 2 aromatic rings. The van der Waals surface area contributed by atoms with Gasteiger partial charge >= 0.3 is 11.9 Å². The van der Waals surface area contributed by atoms with Gasteiger partial charge in [0.15, 0.2) is 0 Å². The molecule has 0 radical (unpaired) electrons. The lowest BCUT2D eigenvalue weighted by Gasteiger charge is -2.21. The molecule has 1 heterocycles. The summed E-state index contributed by atoms with van der Waals surface area (Å²) in [6.45, 7) is 5.40. The quantitative estimate of drug-likeness (QED) is 0.749. The second-order valence-corrected chi connectivity index (χ2v) is 5.27. The maximum atomic E-state index is 12.8. The van der Waals surface area contributed by atoms with Crippen LogP contribution in [0.1, 0.15) is 31.9 Å². The van der Waals surface area contributed by atoms with Crippen molar-refractivity contribution in [1.82, 2.24) is 9.97 Å². The van der Waals surface area contributed by atoms with E-state index in [0.29, 0.717) is 11.1 Å². The molecule has 0 amide bonds. The van der Waals surface area contributed by atoms with E-state index in [9.17, 15) is 18.0 Å². The third-order valence-electron chi connectivity index (χ3n) is 2.76. The molecule has 2 rings (SSSR count). The van der Waals surface area contributed by atoms with E-state index >= 15 is 0 Å². The average Bonchev–Trinajstić information content (AvgIpc) is 2.52. The summed E-state index contributed by atoms with van der Waals surface area (Å²) in [7, 11) is 0. The van der Waals surface area contributed by atoms with Crippen LogP contribution in [0.5, 0.6) is 0 Å². The van der Waals surface area contributed by atoms with Gasteiger partial charge in [0.1, 0.15) is 0 Å². The van der Waals surface area contributed by atoms with Crippen molar-refractivity contribution in [1.29, 1.82) is 0 Å². The van der Waals surface area contributed by atoms with E-state index in [1.54, 1.807) is 20.8 Å². The maximum Gasteiger partial charge on any atom is 0.416 e. The number of benzene rings is 1. The Morgan fingerprint density at radius 1 is 1.06 bits per heavy atom. The van der Waals surface area contributed by atoms with E-state index < -0.39 is 22.8 Å². The molecule has 98 valence electrons. The number of nitrogens with one attached hydrogen (secondary N) is 2. The Kier molecular flexibility index (Phi) is 2.57. The third-order valence-corrected chi connectivity index (χ3v) is 2.76. The van der Waals surface area contributed by atoms with Gasteiger partial charge in [-0.25, -0.2) is 4.79 Å². The first kappa shape index (κ1) is 12.7. The first-order valence-electron chi connectivity index (χ1n) is 5.43. The fourth-order valence-electron chi connectivity index (χ4n) is 1.90. The number of H-pyrrole nitrogens is 2. The predicted molar refractivity (Wildman–Crippen MR) is 62.6 cm³/mol. The van der Waals surface area contributed by atoms with E-state index in [4.69, 9.17) is 0 Å². The van der Waals surface area contributed by atoms with Crippen molar-refractivity contribution < 1.29 is 13.2 Å². The van der Waals surface area contributed by atoms with Gasteiger partial charge in [-0.15, -0.1) is 0 Å². The minimum Gasteiger partial charge on any atom is -0.306 e. The van der Waals surface area contributed by atoms with Crippen molar-refractivity contribution in [2.45, 2.75) is 32.4 Å². The molecule has 3 nitrogen and oxygen atoms in total. The van der Waals surface area contributed by atoms with Crippen LogP contribution in [-0.2, 0) is 11.6 Å². The fourth-order valence-corrected chi connectivity index (χ4v) is 1.90. The average molecular weight is 258 g/mol. The number of hydrogen-bond donors (Lipinski definition) is 2. The zero-order valence-electron chi connectivity index (χ0n) is 10.2. The molecule has 18 heavy (non-hydrogen) atoms. The van der Waals surface area contributed by atoms with Crippen LogP contribution in [0.4, 0.5) is 13.2 Å². The molecule has 6 heteroatoms. The van der Waals surface area contributed by atoms with Crippen molar-refractivity contribution in [3.8, 4) is 0 Å². The fraction of sp³-hybridized carbons (Fsp3) is 0.417. The normalized spacial score (nSPS) is 13.2. The number of fused-ring (bicyclic) bond motifs is 1. The Labute approximate surface area is 101 Å². The molecule has 0 saturated heterocycles. The number of aromatic nitrogens is 2. The molecule has 0 spiro atoms. The van der Waals surface area contributed by atoms with Crippen molar-refractivity contribution in [3.63, 3.8) is 0 Å². The number of aromatic amines is 2. The van der Waals surface area contributed by atoms with Gasteiger partial charge in [-0.05, 0) is 23.1 Å². The highest BCUT2D eigenvalue weighted by atomic mass is 19.4. The van der Waals surface area contributed by atoms with Crippen LogP contribution in [-0.4, -0.2) is 9.97 Å². The molecule has 0 unspecified atom stereocenters. The highest BCUT2D eigenvalue weighted by molar-refractivity contribution is 5.80. The Balaban J connectivity index is 2.85. The molecule has 2 N–H and O–H groups in total. The van der Waals surface area contributed by atoms with Gasteiger partial charge in [-0.1, -0.05) is 20.8 Å². The van der Waals surface area contributed by atoms with Crippen LogP contribution in [0, 0.1) is 0 Å². The van der Waals surface area contributed by atoms with Crippen molar-refractivity contribution >= 4 is 11.0 Å². The zero-order valence-corrected chi connectivity index (χ0v) is 10.2. The third kappa shape index (κ3) is 2.14. The van der Waals surface area contributed by atoms with Crippen molar-refractivity contribution in [3.05, 3.63) is 33.7 Å². The molecule has 0 aliphatic heterocycles. The first-order chi connectivity index (χ1) is 8.09. The monoisotopic (exact) mass is 258 g/mol. The van der Waals surface area contributed by atoms with Crippen LogP contribution in [0.3, 0.4) is 0 Å². The van der Waals surface area contributed by atoms with E-state index in [1.165, 1.54) is 0 Å². The first-order valence-corrected chi connectivity index (χ1v) is 5.43. The topological polar surface area (TPSA) is 48.6 Å². The van der Waals surface area contributed by atoms with Crippen molar-refractivity contribution in [2.24, 2.45) is 0 Å². The highest BCUT2D eigenvalue weighted by Gasteiger charge is 2.33. The summed E-state index contributed by atoms with van der Waals surface area (Å²) < 4.78 is 38.4. The summed E-state index contributed by atoms with van der Waals surface area (Å²) in [5.74, 6) is 0. The predicted octanol–water partition coefficient (Wildman–Crippen LogP) is 3.17. The lowest BCUT2D eigenvalue weighted by atomic mass is 9.85. The molecule has 1 aromatic heterocycles. The summed E-state index contributed by atoms with van der Waals surface area (Å²) in [6.07, 6.45) is -4.43. The molecule has 1 aromatic carbocycles. The molecule has 0 bridgehead atoms. The van der Waals surface area contributed by atoms with E-state index in [1.807, 2.05) is 0 Å².